The number of carbonyl (C=O) groups excluding carboxylic acids is 2. The van der Waals surface area contributed by atoms with Crippen LogP contribution >= 0.6 is 0 Å². The van der Waals surface area contributed by atoms with Crippen molar-refractivity contribution in [2.24, 2.45) is 0 Å². The van der Waals surface area contributed by atoms with Crippen molar-refractivity contribution in [2.75, 3.05) is 21.2 Å². The molecule has 4 heteroatoms. The van der Waals surface area contributed by atoms with Crippen LogP contribution in [0.2, 0.25) is 0 Å². The first-order valence-corrected chi connectivity index (χ1v) is 5.96. The van der Waals surface area contributed by atoms with Gasteiger partial charge in [-0.15, -0.1) is 0 Å². The van der Waals surface area contributed by atoms with Gasteiger partial charge in [0.1, 0.15) is 5.75 Å². The van der Waals surface area contributed by atoms with E-state index in [1.165, 1.54) is 11.8 Å². The Morgan fingerprint density at radius 1 is 1.05 bits per heavy atom. The van der Waals surface area contributed by atoms with E-state index in [2.05, 4.69) is 0 Å². The first-order chi connectivity index (χ1) is 8.88. The highest BCUT2D eigenvalue weighted by Crippen LogP contribution is 2.22. The average Bonchev–Trinajstić information content (AvgIpc) is 2.38. The van der Waals surface area contributed by atoms with E-state index >= 15 is 0 Å². The van der Waals surface area contributed by atoms with Gasteiger partial charge in [-0.2, -0.15) is 0 Å². The van der Waals surface area contributed by atoms with E-state index in [4.69, 9.17) is 4.74 Å². The minimum atomic E-state index is -0.277. The van der Waals surface area contributed by atoms with Gasteiger partial charge >= 0.3 is 0 Å². The van der Waals surface area contributed by atoms with Gasteiger partial charge in [-0.1, -0.05) is 12.1 Å². The lowest BCUT2D eigenvalue weighted by Crippen LogP contribution is -2.27. The van der Waals surface area contributed by atoms with Crippen molar-refractivity contribution in [3.63, 3.8) is 0 Å². The molecule has 1 aromatic rings. The molecule has 0 aliphatic rings. The molecule has 102 valence electrons. The van der Waals surface area contributed by atoms with Crippen LogP contribution in [0.15, 0.2) is 29.8 Å². The third kappa shape index (κ3) is 3.44. The fourth-order valence-corrected chi connectivity index (χ4v) is 1.78. The zero-order valence-electron chi connectivity index (χ0n) is 12.0. The number of ether oxygens (including phenoxy) is 1. The zero-order chi connectivity index (χ0) is 14.6. The van der Waals surface area contributed by atoms with Crippen LogP contribution in [0, 0.1) is 0 Å². The summed E-state index contributed by atoms with van der Waals surface area (Å²) in [5.41, 5.74) is 1.73. The first-order valence-electron chi connectivity index (χ1n) is 5.96. The summed E-state index contributed by atoms with van der Waals surface area (Å²) in [5, 5.41) is 0. The Morgan fingerprint density at radius 2 is 1.58 bits per heavy atom. The third-order valence-corrected chi connectivity index (χ3v) is 2.87. The van der Waals surface area contributed by atoms with E-state index in [1.807, 2.05) is 12.1 Å². The molecule has 1 rings (SSSR count). The molecule has 0 atom stereocenters. The van der Waals surface area contributed by atoms with Crippen LogP contribution in [0.1, 0.15) is 19.4 Å². The number of likely N-dealkylation sites (N-methyl/N-ethyl adjacent to an activating group) is 1. The Labute approximate surface area is 113 Å². The summed E-state index contributed by atoms with van der Waals surface area (Å²) in [5.74, 6) is 0.229. The molecule has 0 aromatic heterocycles. The molecule has 1 aromatic carbocycles. The largest absolute Gasteiger partial charge is 0.497 e. The van der Waals surface area contributed by atoms with Gasteiger partial charge in [0.25, 0.3) is 5.91 Å². The number of nitrogens with zero attached hydrogens (tertiary/aromatic N) is 1. The molecular weight excluding hydrogens is 242 g/mol. The van der Waals surface area contributed by atoms with Gasteiger partial charge in [-0.05, 0) is 37.1 Å². The smallest absolute Gasteiger partial charge is 0.257 e. The summed E-state index contributed by atoms with van der Waals surface area (Å²) in [6.07, 6.45) is 0. The van der Waals surface area contributed by atoms with Crippen LogP contribution in [-0.4, -0.2) is 37.8 Å². The molecule has 0 N–H and O–H groups in total. The van der Waals surface area contributed by atoms with Gasteiger partial charge in [-0.3, -0.25) is 9.59 Å². The Bertz CT molecular complexity index is 513. The van der Waals surface area contributed by atoms with E-state index in [1.54, 1.807) is 40.3 Å². The molecular formula is C15H19NO3. The summed E-state index contributed by atoms with van der Waals surface area (Å²) in [7, 11) is 4.85. The summed E-state index contributed by atoms with van der Waals surface area (Å²) < 4.78 is 5.08. The van der Waals surface area contributed by atoms with Crippen molar-refractivity contribution in [3.05, 3.63) is 35.4 Å². The third-order valence-electron chi connectivity index (χ3n) is 2.87. The standard InChI is InChI=1S/C15H19NO3/c1-10(12-6-8-13(19-5)9-7-12)14(11(2)17)15(18)16(3)4/h6-9H,1-5H3/b14-10-. The topological polar surface area (TPSA) is 46.6 Å². The SMILES string of the molecule is COc1ccc(/C(C)=C(/C(C)=O)C(=O)N(C)C)cc1. The van der Waals surface area contributed by atoms with Crippen molar-refractivity contribution in [2.45, 2.75) is 13.8 Å². The van der Waals surface area contributed by atoms with Crippen LogP contribution < -0.4 is 4.74 Å². The number of methoxy groups -OCH3 is 1. The van der Waals surface area contributed by atoms with E-state index in [0.717, 1.165) is 11.3 Å². The molecule has 0 aliphatic carbocycles. The van der Waals surface area contributed by atoms with E-state index in [9.17, 15) is 9.59 Å². The Balaban J connectivity index is 3.28. The number of rotatable bonds is 4. The second kappa shape index (κ2) is 6.18. The second-order valence-electron chi connectivity index (χ2n) is 4.48. The Kier molecular flexibility index (Phi) is 4.87. The van der Waals surface area contributed by atoms with Gasteiger partial charge < -0.3 is 9.64 Å². The van der Waals surface area contributed by atoms with Crippen LogP contribution in [-0.2, 0) is 9.59 Å². The highest BCUT2D eigenvalue weighted by Gasteiger charge is 2.20. The van der Waals surface area contributed by atoms with E-state index < -0.39 is 0 Å². The maximum atomic E-state index is 12.0. The second-order valence-corrected chi connectivity index (χ2v) is 4.48. The van der Waals surface area contributed by atoms with E-state index in [0.29, 0.717) is 5.57 Å². The molecule has 0 aliphatic heterocycles. The fraction of sp³-hybridized carbons (Fsp3) is 0.333. The van der Waals surface area contributed by atoms with Crippen molar-refractivity contribution in [3.8, 4) is 5.75 Å². The monoisotopic (exact) mass is 261 g/mol. The highest BCUT2D eigenvalue weighted by molar-refractivity contribution is 6.23. The Morgan fingerprint density at radius 3 is 1.95 bits per heavy atom. The van der Waals surface area contributed by atoms with Crippen LogP contribution in [0.3, 0.4) is 0 Å². The molecule has 0 unspecified atom stereocenters. The number of hydrogen-bond donors (Lipinski definition) is 0. The van der Waals surface area contributed by atoms with Crippen molar-refractivity contribution < 1.29 is 14.3 Å². The maximum absolute atomic E-state index is 12.0. The number of allylic oxidation sites excluding steroid dienone is 1. The lowest BCUT2D eigenvalue weighted by atomic mass is 9.98. The van der Waals surface area contributed by atoms with Crippen LogP contribution in [0.4, 0.5) is 0 Å². The van der Waals surface area contributed by atoms with Crippen LogP contribution in [0.5, 0.6) is 5.75 Å². The summed E-state index contributed by atoms with van der Waals surface area (Å²) in [4.78, 5) is 25.1. The predicted molar refractivity (Wildman–Crippen MR) is 75.0 cm³/mol. The first kappa shape index (κ1) is 15.0. The molecule has 0 radical (unpaired) electrons. The van der Waals surface area contributed by atoms with Crippen molar-refractivity contribution in [1.82, 2.24) is 4.90 Å². The van der Waals surface area contributed by atoms with Gasteiger partial charge in [-0.25, -0.2) is 0 Å². The molecule has 1 amide bonds. The molecule has 0 saturated heterocycles. The zero-order valence-corrected chi connectivity index (χ0v) is 12.0. The lowest BCUT2D eigenvalue weighted by molar-refractivity contribution is -0.127. The predicted octanol–water partition coefficient (Wildman–Crippen LogP) is 2.15. The number of amides is 1. The molecule has 0 bridgehead atoms. The van der Waals surface area contributed by atoms with Gasteiger partial charge in [0.05, 0.1) is 12.7 Å². The number of benzene rings is 1. The molecule has 0 heterocycles. The van der Waals surface area contributed by atoms with Gasteiger partial charge in [0, 0.05) is 14.1 Å². The molecule has 0 saturated carbocycles. The van der Waals surface area contributed by atoms with Crippen LogP contribution in [0.25, 0.3) is 5.57 Å². The Hall–Kier alpha value is -2.10. The number of Topliss-reactive ketones (excluding diaryl/α,β-unsaturated/α-hetero) is 1. The maximum Gasteiger partial charge on any atom is 0.257 e. The summed E-state index contributed by atoms with van der Waals surface area (Å²) in [6.45, 7) is 3.18. The number of hydrogen-bond acceptors (Lipinski definition) is 3. The normalized spacial score (nSPS) is 11.6. The van der Waals surface area contributed by atoms with Crippen molar-refractivity contribution >= 4 is 17.3 Å². The fourth-order valence-electron chi connectivity index (χ4n) is 1.78. The molecule has 19 heavy (non-hydrogen) atoms. The molecule has 0 fully saturated rings. The quantitative estimate of drug-likeness (QED) is 0.474. The lowest BCUT2D eigenvalue weighted by Gasteiger charge is -2.14. The minimum Gasteiger partial charge on any atom is -0.497 e. The molecule has 0 spiro atoms. The number of carbonyl (C=O) groups is 2. The number of ketones is 1. The van der Waals surface area contributed by atoms with E-state index in [-0.39, 0.29) is 17.3 Å². The van der Waals surface area contributed by atoms with Crippen molar-refractivity contribution in [1.29, 1.82) is 0 Å². The summed E-state index contributed by atoms with van der Waals surface area (Å²) in [6, 6.07) is 7.27. The molecule has 4 nitrogen and oxygen atoms in total. The summed E-state index contributed by atoms with van der Waals surface area (Å²) >= 11 is 0. The average molecular weight is 261 g/mol. The highest BCUT2D eigenvalue weighted by atomic mass is 16.5. The van der Waals surface area contributed by atoms with Gasteiger partial charge in [0.15, 0.2) is 5.78 Å². The minimum absolute atomic E-state index is 0.218. The van der Waals surface area contributed by atoms with Gasteiger partial charge in [0.2, 0.25) is 0 Å².